The number of aryl methyl sites for hydroxylation is 1. The van der Waals surface area contributed by atoms with Crippen LogP contribution in [0.1, 0.15) is 21.6 Å². The average molecular weight is 503 g/mol. The fraction of sp³-hybridized carbons (Fsp3) is 0.130. The summed E-state index contributed by atoms with van der Waals surface area (Å²) in [7, 11) is 0. The van der Waals surface area contributed by atoms with E-state index in [-0.39, 0.29) is 28.2 Å². The molecule has 0 aliphatic rings. The third-order valence-electron chi connectivity index (χ3n) is 4.58. The van der Waals surface area contributed by atoms with Gasteiger partial charge in [0.25, 0.3) is 11.1 Å². The van der Waals surface area contributed by atoms with Crippen LogP contribution in [0.2, 0.25) is 5.02 Å². The first-order valence-electron chi connectivity index (χ1n) is 9.92. The number of aromatic nitrogens is 3. The summed E-state index contributed by atoms with van der Waals surface area (Å²) in [5.74, 6) is -0.583. The summed E-state index contributed by atoms with van der Waals surface area (Å²) in [6.45, 7) is -1.02. The Kier molecular flexibility index (Phi) is 7.29. The predicted octanol–water partition coefficient (Wildman–Crippen LogP) is 5.99. The minimum Gasteiger partial charge on any atom is -0.464 e. The van der Waals surface area contributed by atoms with Crippen molar-refractivity contribution >= 4 is 34.0 Å². The van der Waals surface area contributed by atoms with Gasteiger partial charge in [0.2, 0.25) is 5.13 Å². The molecule has 2 aromatic carbocycles. The molecule has 174 valence electrons. The number of carbonyl (C=O) groups excluding carboxylic acids is 1. The summed E-state index contributed by atoms with van der Waals surface area (Å²) in [5, 5.41) is 11.6. The standard InChI is InChI=1S/C23H17ClF2N4O3S/c1-13-10-17(16-4-2-3-5-19(16)33-21(25)26)18(11-27-13)20(31)28-22-29-30-23(34-22)32-12-14-6-8-15(24)9-7-14/h2-11,21H,12H2,1H3,(H,28,29,31). The third-order valence-corrected chi connectivity index (χ3v) is 5.58. The number of anilines is 1. The minimum absolute atomic E-state index is 0.0500. The second kappa shape index (κ2) is 10.5. The number of hydrogen-bond donors (Lipinski definition) is 1. The summed E-state index contributed by atoms with van der Waals surface area (Å²) in [4.78, 5) is 17.2. The van der Waals surface area contributed by atoms with Gasteiger partial charge in [0.1, 0.15) is 12.4 Å². The van der Waals surface area contributed by atoms with E-state index in [0.29, 0.717) is 21.8 Å². The van der Waals surface area contributed by atoms with Crippen molar-refractivity contribution in [3.8, 4) is 22.1 Å². The smallest absolute Gasteiger partial charge is 0.387 e. The number of ether oxygens (including phenoxy) is 2. The number of benzene rings is 2. The molecular weight excluding hydrogens is 486 g/mol. The zero-order valence-corrected chi connectivity index (χ0v) is 19.2. The van der Waals surface area contributed by atoms with Crippen LogP contribution in [0.3, 0.4) is 0 Å². The topological polar surface area (TPSA) is 86.2 Å². The molecule has 0 fully saturated rings. The second-order valence-electron chi connectivity index (χ2n) is 6.99. The van der Waals surface area contributed by atoms with Crippen LogP contribution in [0.15, 0.2) is 60.8 Å². The quantitative estimate of drug-likeness (QED) is 0.318. The van der Waals surface area contributed by atoms with Crippen molar-refractivity contribution in [3.05, 3.63) is 82.6 Å². The lowest BCUT2D eigenvalue weighted by Gasteiger charge is -2.14. The molecule has 1 amide bonds. The number of nitrogens with zero attached hydrogens (tertiary/aromatic N) is 3. The van der Waals surface area contributed by atoms with Gasteiger partial charge in [0.05, 0.1) is 5.56 Å². The Balaban J connectivity index is 1.52. The number of para-hydroxylation sites is 1. The Hall–Kier alpha value is -3.63. The molecule has 0 radical (unpaired) electrons. The molecule has 34 heavy (non-hydrogen) atoms. The van der Waals surface area contributed by atoms with Crippen molar-refractivity contribution in [1.82, 2.24) is 15.2 Å². The van der Waals surface area contributed by atoms with Crippen molar-refractivity contribution < 1.29 is 23.0 Å². The van der Waals surface area contributed by atoms with E-state index in [9.17, 15) is 13.6 Å². The highest BCUT2D eigenvalue weighted by atomic mass is 35.5. The Labute approximate surface area is 202 Å². The molecule has 0 unspecified atom stereocenters. The van der Waals surface area contributed by atoms with E-state index < -0.39 is 12.5 Å². The van der Waals surface area contributed by atoms with Crippen LogP contribution in [-0.4, -0.2) is 27.7 Å². The van der Waals surface area contributed by atoms with E-state index in [0.717, 1.165) is 16.9 Å². The van der Waals surface area contributed by atoms with Crippen LogP contribution in [0.5, 0.6) is 10.9 Å². The normalized spacial score (nSPS) is 10.9. The Morgan fingerprint density at radius 1 is 1.12 bits per heavy atom. The Morgan fingerprint density at radius 3 is 2.65 bits per heavy atom. The molecule has 0 aliphatic carbocycles. The van der Waals surface area contributed by atoms with Gasteiger partial charge in [0.15, 0.2) is 0 Å². The van der Waals surface area contributed by atoms with E-state index >= 15 is 0 Å². The van der Waals surface area contributed by atoms with E-state index in [2.05, 4.69) is 25.2 Å². The number of pyridine rings is 1. The molecule has 4 rings (SSSR count). The summed E-state index contributed by atoms with van der Waals surface area (Å²) < 4.78 is 36.0. The Bertz CT molecular complexity index is 1300. The lowest BCUT2D eigenvalue weighted by molar-refractivity contribution is -0.0494. The summed E-state index contributed by atoms with van der Waals surface area (Å²) in [6, 6.07) is 15.0. The molecule has 0 aliphatic heterocycles. The fourth-order valence-corrected chi connectivity index (χ4v) is 3.78. The predicted molar refractivity (Wildman–Crippen MR) is 125 cm³/mol. The van der Waals surface area contributed by atoms with Crippen molar-refractivity contribution in [2.45, 2.75) is 20.1 Å². The van der Waals surface area contributed by atoms with Crippen molar-refractivity contribution in [3.63, 3.8) is 0 Å². The minimum atomic E-state index is -3.01. The number of carbonyl (C=O) groups is 1. The first-order chi connectivity index (χ1) is 16.4. The molecule has 11 heteroatoms. The highest BCUT2D eigenvalue weighted by Crippen LogP contribution is 2.34. The molecule has 0 spiro atoms. The zero-order valence-electron chi connectivity index (χ0n) is 17.7. The number of amides is 1. The van der Waals surface area contributed by atoms with Gasteiger partial charge >= 0.3 is 6.61 Å². The zero-order chi connectivity index (χ0) is 24.1. The van der Waals surface area contributed by atoms with Crippen LogP contribution in [0.25, 0.3) is 11.1 Å². The Morgan fingerprint density at radius 2 is 1.88 bits per heavy atom. The van der Waals surface area contributed by atoms with Crippen LogP contribution >= 0.6 is 22.9 Å². The van der Waals surface area contributed by atoms with Gasteiger partial charge in [-0.05, 0) is 48.1 Å². The molecule has 0 saturated carbocycles. The lowest BCUT2D eigenvalue weighted by atomic mass is 9.99. The van der Waals surface area contributed by atoms with Gasteiger partial charge in [0, 0.05) is 28.0 Å². The van der Waals surface area contributed by atoms with Crippen molar-refractivity contribution in [2.24, 2.45) is 0 Å². The van der Waals surface area contributed by atoms with Gasteiger partial charge in [-0.2, -0.15) is 8.78 Å². The number of alkyl halides is 2. The van der Waals surface area contributed by atoms with Gasteiger partial charge in [-0.1, -0.05) is 47.0 Å². The molecule has 2 aromatic heterocycles. The van der Waals surface area contributed by atoms with Crippen LogP contribution in [0.4, 0.5) is 13.9 Å². The molecule has 0 atom stereocenters. The molecule has 0 bridgehead atoms. The van der Waals surface area contributed by atoms with E-state index in [4.69, 9.17) is 16.3 Å². The summed E-state index contributed by atoms with van der Waals surface area (Å²) in [5.41, 5.74) is 2.39. The highest BCUT2D eigenvalue weighted by Gasteiger charge is 2.20. The highest BCUT2D eigenvalue weighted by molar-refractivity contribution is 7.17. The van der Waals surface area contributed by atoms with Gasteiger partial charge in [-0.15, -0.1) is 5.10 Å². The average Bonchev–Trinajstić information content (AvgIpc) is 3.26. The van der Waals surface area contributed by atoms with Crippen molar-refractivity contribution in [2.75, 3.05) is 5.32 Å². The number of hydrogen-bond acceptors (Lipinski definition) is 7. The van der Waals surface area contributed by atoms with Crippen LogP contribution in [0, 0.1) is 6.92 Å². The molecule has 2 heterocycles. The second-order valence-corrected chi connectivity index (χ2v) is 8.36. The number of rotatable bonds is 8. The monoisotopic (exact) mass is 502 g/mol. The molecule has 7 nitrogen and oxygen atoms in total. The van der Waals surface area contributed by atoms with E-state index in [1.54, 1.807) is 43.3 Å². The maximum Gasteiger partial charge on any atom is 0.387 e. The number of nitrogens with one attached hydrogen (secondary N) is 1. The summed E-state index contributed by atoms with van der Waals surface area (Å²) >= 11 is 6.92. The summed E-state index contributed by atoms with van der Waals surface area (Å²) in [6.07, 6.45) is 1.37. The molecule has 4 aromatic rings. The van der Waals surface area contributed by atoms with E-state index in [1.807, 2.05) is 12.1 Å². The van der Waals surface area contributed by atoms with Gasteiger partial charge < -0.3 is 9.47 Å². The maximum atomic E-state index is 13.0. The first-order valence-corrected chi connectivity index (χ1v) is 11.1. The first kappa shape index (κ1) is 23.5. The fourth-order valence-electron chi connectivity index (χ4n) is 3.06. The number of halogens is 3. The van der Waals surface area contributed by atoms with Crippen LogP contribution in [-0.2, 0) is 6.61 Å². The SMILES string of the molecule is Cc1cc(-c2ccccc2OC(F)F)c(C(=O)Nc2nnc(OCc3ccc(Cl)cc3)s2)cn1. The van der Waals surface area contributed by atoms with Crippen LogP contribution < -0.4 is 14.8 Å². The van der Waals surface area contributed by atoms with Gasteiger partial charge in [-0.25, -0.2) is 0 Å². The third kappa shape index (κ3) is 5.83. The van der Waals surface area contributed by atoms with Crippen molar-refractivity contribution in [1.29, 1.82) is 0 Å². The lowest BCUT2D eigenvalue weighted by Crippen LogP contribution is -2.14. The molecule has 0 saturated heterocycles. The maximum absolute atomic E-state index is 13.0. The largest absolute Gasteiger partial charge is 0.464 e. The molecule has 1 N–H and O–H groups in total. The van der Waals surface area contributed by atoms with Gasteiger partial charge in [-0.3, -0.25) is 15.1 Å². The van der Waals surface area contributed by atoms with E-state index in [1.165, 1.54) is 12.3 Å². The molecular formula is C23H17ClF2N4O3S.